The molecule has 0 saturated carbocycles. The number of aromatic nitrogens is 1. The van der Waals surface area contributed by atoms with Crippen molar-refractivity contribution in [3.05, 3.63) is 53.7 Å². The van der Waals surface area contributed by atoms with Gasteiger partial charge in [-0.1, -0.05) is 24.3 Å². The zero-order valence-corrected chi connectivity index (χ0v) is 10.9. The zero-order chi connectivity index (χ0) is 13.0. The molecule has 0 bridgehead atoms. The zero-order valence-electron chi connectivity index (χ0n) is 10.9. The topological polar surface area (TPSA) is 42.1 Å². The first-order valence-corrected chi connectivity index (χ1v) is 6.16. The standard InChI is InChI=1S/C15H19N3/c1-12-5-3-4-6-14(12)18(2)15-8-7-13(9-10-16)11-17-15/h3-8,11H,9-10,16H2,1-2H3. The summed E-state index contributed by atoms with van der Waals surface area (Å²) < 4.78 is 0. The Bertz CT molecular complexity index is 505. The number of anilines is 2. The van der Waals surface area contributed by atoms with E-state index in [9.17, 15) is 0 Å². The lowest BCUT2D eigenvalue weighted by atomic mass is 10.2. The number of rotatable bonds is 4. The number of hydrogen-bond acceptors (Lipinski definition) is 3. The van der Waals surface area contributed by atoms with Gasteiger partial charge in [0.05, 0.1) is 0 Å². The third-order valence-corrected chi connectivity index (χ3v) is 3.06. The van der Waals surface area contributed by atoms with E-state index in [0.29, 0.717) is 6.54 Å². The number of pyridine rings is 1. The molecule has 1 heterocycles. The van der Waals surface area contributed by atoms with Crippen LogP contribution in [0.1, 0.15) is 11.1 Å². The van der Waals surface area contributed by atoms with E-state index in [4.69, 9.17) is 5.73 Å². The minimum atomic E-state index is 0.661. The highest BCUT2D eigenvalue weighted by molar-refractivity contribution is 5.62. The maximum Gasteiger partial charge on any atom is 0.132 e. The Morgan fingerprint density at radius 1 is 1.17 bits per heavy atom. The second kappa shape index (κ2) is 5.65. The third-order valence-electron chi connectivity index (χ3n) is 3.06. The summed E-state index contributed by atoms with van der Waals surface area (Å²) in [5.41, 5.74) is 9.13. The SMILES string of the molecule is Cc1ccccc1N(C)c1ccc(CCN)cn1. The fraction of sp³-hybridized carbons (Fsp3) is 0.267. The lowest BCUT2D eigenvalue weighted by Crippen LogP contribution is -2.12. The van der Waals surface area contributed by atoms with E-state index < -0.39 is 0 Å². The van der Waals surface area contributed by atoms with Gasteiger partial charge >= 0.3 is 0 Å². The van der Waals surface area contributed by atoms with Crippen LogP contribution in [-0.4, -0.2) is 18.6 Å². The molecule has 2 N–H and O–H groups in total. The van der Waals surface area contributed by atoms with Crippen molar-refractivity contribution in [2.24, 2.45) is 5.73 Å². The van der Waals surface area contributed by atoms with E-state index >= 15 is 0 Å². The smallest absolute Gasteiger partial charge is 0.132 e. The molecule has 94 valence electrons. The molecular formula is C15H19N3. The van der Waals surface area contributed by atoms with E-state index in [1.165, 1.54) is 16.8 Å². The van der Waals surface area contributed by atoms with Crippen molar-refractivity contribution < 1.29 is 0 Å². The normalized spacial score (nSPS) is 10.4. The molecule has 2 aromatic rings. The summed E-state index contributed by atoms with van der Waals surface area (Å²) in [5.74, 6) is 0.949. The fourth-order valence-corrected chi connectivity index (χ4v) is 1.99. The van der Waals surface area contributed by atoms with E-state index in [2.05, 4.69) is 35.0 Å². The number of nitrogens with two attached hydrogens (primary N) is 1. The highest BCUT2D eigenvalue weighted by Gasteiger charge is 2.07. The van der Waals surface area contributed by atoms with Crippen LogP contribution in [0.5, 0.6) is 0 Å². The summed E-state index contributed by atoms with van der Waals surface area (Å²) >= 11 is 0. The van der Waals surface area contributed by atoms with Crippen LogP contribution >= 0.6 is 0 Å². The average Bonchev–Trinajstić information content (AvgIpc) is 2.40. The number of nitrogens with zero attached hydrogens (tertiary/aromatic N) is 2. The van der Waals surface area contributed by atoms with E-state index in [0.717, 1.165) is 12.2 Å². The molecule has 2 rings (SSSR count). The number of hydrogen-bond donors (Lipinski definition) is 1. The predicted octanol–water partition coefficient (Wildman–Crippen LogP) is 2.66. The van der Waals surface area contributed by atoms with Gasteiger partial charge in [0.25, 0.3) is 0 Å². The summed E-state index contributed by atoms with van der Waals surface area (Å²) in [4.78, 5) is 6.58. The van der Waals surface area contributed by atoms with E-state index in [-0.39, 0.29) is 0 Å². The Morgan fingerprint density at radius 2 is 1.94 bits per heavy atom. The molecule has 0 spiro atoms. The van der Waals surface area contributed by atoms with Crippen molar-refractivity contribution in [1.29, 1.82) is 0 Å². The Balaban J connectivity index is 2.23. The van der Waals surface area contributed by atoms with Crippen LogP contribution in [0.25, 0.3) is 0 Å². The predicted molar refractivity (Wildman–Crippen MR) is 76.2 cm³/mol. The van der Waals surface area contributed by atoms with E-state index in [1.54, 1.807) is 0 Å². The average molecular weight is 241 g/mol. The van der Waals surface area contributed by atoms with Gasteiger partial charge in [0.2, 0.25) is 0 Å². The van der Waals surface area contributed by atoms with Crippen LogP contribution in [0.4, 0.5) is 11.5 Å². The molecule has 1 aromatic heterocycles. The maximum atomic E-state index is 5.53. The Labute approximate surface area is 108 Å². The van der Waals surface area contributed by atoms with Crippen LogP contribution in [0.15, 0.2) is 42.6 Å². The van der Waals surface area contributed by atoms with Crippen LogP contribution in [0, 0.1) is 6.92 Å². The summed E-state index contributed by atoms with van der Waals surface area (Å²) in [6, 6.07) is 12.4. The second-order valence-corrected chi connectivity index (χ2v) is 4.41. The van der Waals surface area contributed by atoms with Gasteiger partial charge in [-0.25, -0.2) is 4.98 Å². The largest absolute Gasteiger partial charge is 0.330 e. The van der Waals surface area contributed by atoms with Crippen molar-refractivity contribution in [2.75, 3.05) is 18.5 Å². The molecule has 1 aromatic carbocycles. The molecule has 0 saturated heterocycles. The molecule has 0 aliphatic rings. The lowest BCUT2D eigenvalue weighted by molar-refractivity contribution is 0.955. The van der Waals surface area contributed by atoms with Crippen molar-refractivity contribution >= 4 is 11.5 Å². The molecular weight excluding hydrogens is 222 g/mol. The van der Waals surface area contributed by atoms with Crippen LogP contribution in [0.2, 0.25) is 0 Å². The maximum absolute atomic E-state index is 5.53. The number of para-hydroxylation sites is 1. The summed E-state index contributed by atoms with van der Waals surface area (Å²) in [5, 5.41) is 0. The molecule has 0 unspecified atom stereocenters. The molecule has 0 amide bonds. The van der Waals surface area contributed by atoms with E-state index in [1.807, 2.05) is 31.4 Å². The summed E-state index contributed by atoms with van der Waals surface area (Å²) in [6.45, 7) is 2.77. The van der Waals surface area contributed by atoms with Gasteiger partial charge in [-0.05, 0) is 43.1 Å². The first-order chi connectivity index (χ1) is 8.72. The first-order valence-electron chi connectivity index (χ1n) is 6.16. The van der Waals surface area contributed by atoms with Gasteiger partial charge in [-0.2, -0.15) is 0 Å². The number of benzene rings is 1. The van der Waals surface area contributed by atoms with Gasteiger partial charge in [0, 0.05) is 18.9 Å². The van der Waals surface area contributed by atoms with Crippen molar-refractivity contribution in [3.8, 4) is 0 Å². The summed E-state index contributed by atoms with van der Waals surface area (Å²) in [6.07, 6.45) is 2.78. The molecule has 0 aliphatic heterocycles. The Kier molecular flexibility index (Phi) is 3.95. The summed E-state index contributed by atoms with van der Waals surface area (Å²) in [7, 11) is 2.03. The van der Waals surface area contributed by atoms with Gasteiger partial charge in [-0.3, -0.25) is 0 Å². The Hall–Kier alpha value is -1.87. The number of aryl methyl sites for hydroxylation is 1. The molecule has 18 heavy (non-hydrogen) atoms. The molecule has 0 fully saturated rings. The fourth-order valence-electron chi connectivity index (χ4n) is 1.99. The Morgan fingerprint density at radius 3 is 2.56 bits per heavy atom. The van der Waals surface area contributed by atoms with Crippen LogP contribution < -0.4 is 10.6 Å². The molecule has 0 radical (unpaired) electrons. The third kappa shape index (κ3) is 2.68. The minimum Gasteiger partial charge on any atom is -0.330 e. The monoisotopic (exact) mass is 241 g/mol. The highest BCUT2D eigenvalue weighted by Crippen LogP contribution is 2.24. The lowest BCUT2D eigenvalue weighted by Gasteiger charge is -2.20. The van der Waals surface area contributed by atoms with Gasteiger partial charge in [0.1, 0.15) is 5.82 Å². The van der Waals surface area contributed by atoms with Crippen molar-refractivity contribution in [3.63, 3.8) is 0 Å². The van der Waals surface area contributed by atoms with Gasteiger partial charge in [-0.15, -0.1) is 0 Å². The van der Waals surface area contributed by atoms with Gasteiger partial charge in [0.15, 0.2) is 0 Å². The van der Waals surface area contributed by atoms with Crippen LogP contribution in [-0.2, 0) is 6.42 Å². The quantitative estimate of drug-likeness (QED) is 0.894. The molecule has 3 nitrogen and oxygen atoms in total. The first kappa shape index (κ1) is 12.6. The second-order valence-electron chi connectivity index (χ2n) is 4.41. The molecule has 3 heteroatoms. The van der Waals surface area contributed by atoms with Crippen molar-refractivity contribution in [2.45, 2.75) is 13.3 Å². The molecule has 0 aliphatic carbocycles. The minimum absolute atomic E-state index is 0.661. The van der Waals surface area contributed by atoms with Crippen molar-refractivity contribution in [1.82, 2.24) is 4.98 Å². The van der Waals surface area contributed by atoms with Gasteiger partial charge < -0.3 is 10.6 Å². The molecule has 0 atom stereocenters. The highest BCUT2D eigenvalue weighted by atomic mass is 15.2. The van der Waals surface area contributed by atoms with Crippen LogP contribution in [0.3, 0.4) is 0 Å².